The van der Waals surface area contributed by atoms with Crippen molar-refractivity contribution in [2.24, 2.45) is 0 Å². The topological polar surface area (TPSA) is 0 Å². The first kappa shape index (κ1) is 18.0. The van der Waals surface area contributed by atoms with Gasteiger partial charge in [-0.05, 0) is 27.0 Å². The number of rotatable bonds is 3. The standard InChI is InChI=1S/C21H29Si2/c1-16(2)22(17(3)4)21-13-12-18-10-8-9-11-19(18)20(21)14-15-23(5,6)7/h8-13,16-17H,1-7H3. The molecule has 0 nitrogen and oxygen atoms in total. The van der Waals surface area contributed by atoms with Gasteiger partial charge in [-0.2, -0.15) is 0 Å². The predicted molar refractivity (Wildman–Crippen MR) is 110 cm³/mol. The fraction of sp³-hybridized carbons (Fsp3) is 0.429. The highest BCUT2D eigenvalue weighted by Crippen LogP contribution is 2.24. The molecule has 0 unspecified atom stereocenters. The average molecular weight is 338 g/mol. The minimum Gasteiger partial charge on any atom is -0.127 e. The monoisotopic (exact) mass is 337 g/mol. The van der Waals surface area contributed by atoms with Crippen LogP contribution in [-0.2, 0) is 0 Å². The highest BCUT2D eigenvalue weighted by atomic mass is 28.3. The second kappa shape index (κ2) is 7.07. The van der Waals surface area contributed by atoms with Crippen molar-refractivity contribution in [1.82, 2.24) is 0 Å². The van der Waals surface area contributed by atoms with E-state index in [-0.39, 0.29) is 0 Å². The van der Waals surface area contributed by atoms with Crippen LogP contribution in [0.25, 0.3) is 10.8 Å². The Hall–Kier alpha value is -1.31. The van der Waals surface area contributed by atoms with Crippen molar-refractivity contribution >= 4 is 32.8 Å². The summed E-state index contributed by atoms with van der Waals surface area (Å²) < 4.78 is 0. The van der Waals surface area contributed by atoms with Crippen LogP contribution in [0.5, 0.6) is 0 Å². The molecule has 0 fully saturated rings. The summed E-state index contributed by atoms with van der Waals surface area (Å²) in [5.41, 5.74) is 6.35. The van der Waals surface area contributed by atoms with Gasteiger partial charge in [-0.3, -0.25) is 0 Å². The summed E-state index contributed by atoms with van der Waals surface area (Å²) in [6, 6.07) is 13.4. The van der Waals surface area contributed by atoms with Gasteiger partial charge in [0.25, 0.3) is 0 Å². The SMILES string of the molecule is CC(C)[Si](c1ccc2ccccc2c1C#C[Si](C)(C)C)C(C)C. The highest BCUT2D eigenvalue weighted by Gasteiger charge is 2.25. The minimum atomic E-state index is -1.39. The molecule has 121 valence electrons. The Kier molecular flexibility index (Phi) is 5.54. The molecule has 0 spiro atoms. The zero-order valence-electron chi connectivity index (χ0n) is 15.6. The Morgan fingerprint density at radius 3 is 2.04 bits per heavy atom. The second-order valence-corrected chi connectivity index (χ2v) is 16.5. The molecule has 2 rings (SSSR count). The van der Waals surface area contributed by atoms with Crippen molar-refractivity contribution in [3.05, 3.63) is 42.0 Å². The summed E-state index contributed by atoms with van der Waals surface area (Å²) in [4.78, 5) is 0. The van der Waals surface area contributed by atoms with E-state index >= 15 is 0 Å². The van der Waals surface area contributed by atoms with Gasteiger partial charge in [-0.1, -0.05) is 89.7 Å². The fourth-order valence-electron chi connectivity index (χ4n) is 3.19. The molecule has 0 aromatic heterocycles. The van der Waals surface area contributed by atoms with Gasteiger partial charge >= 0.3 is 0 Å². The average Bonchev–Trinajstić information content (AvgIpc) is 2.44. The third kappa shape index (κ3) is 4.37. The van der Waals surface area contributed by atoms with Crippen LogP contribution in [-0.4, -0.2) is 16.9 Å². The van der Waals surface area contributed by atoms with Crippen LogP contribution in [0.3, 0.4) is 0 Å². The van der Waals surface area contributed by atoms with Crippen LogP contribution >= 0.6 is 0 Å². The van der Waals surface area contributed by atoms with Crippen molar-refractivity contribution in [3.8, 4) is 11.5 Å². The zero-order valence-corrected chi connectivity index (χ0v) is 17.6. The molecule has 2 heteroatoms. The normalized spacial score (nSPS) is 12.1. The van der Waals surface area contributed by atoms with Crippen LogP contribution in [0.2, 0.25) is 30.7 Å². The van der Waals surface area contributed by atoms with E-state index in [1.54, 1.807) is 0 Å². The summed E-state index contributed by atoms with van der Waals surface area (Å²) in [5, 5.41) is 4.17. The van der Waals surface area contributed by atoms with Crippen LogP contribution in [0.1, 0.15) is 33.3 Å². The summed E-state index contributed by atoms with van der Waals surface area (Å²) in [7, 11) is -2.02. The minimum absolute atomic E-state index is 0.630. The molecule has 0 heterocycles. The van der Waals surface area contributed by atoms with Crippen LogP contribution in [0.15, 0.2) is 36.4 Å². The summed E-state index contributed by atoms with van der Waals surface area (Å²) in [5.74, 6) is 3.62. The van der Waals surface area contributed by atoms with Crippen molar-refractivity contribution in [1.29, 1.82) is 0 Å². The van der Waals surface area contributed by atoms with E-state index in [1.165, 1.54) is 21.5 Å². The van der Waals surface area contributed by atoms with Gasteiger partial charge in [-0.25, -0.2) is 0 Å². The molecular formula is C21H29Si2. The molecule has 0 saturated heterocycles. The molecule has 0 atom stereocenters. The molecule has 0 aliphatic heterocycles. The van der Waals surface area contributed by atoms with Crippen molar-refractivity contribution in [3.63, 3.8) is 0 Å². The maximum Gasteiger partial charge on any atom is 0.129 e. The predicted octanol–water partition coefficient (Wildman–Crippen LogP) is 5.59. The lowest BCUT2D eigenvalue weighted by molar-refractivity contribution is 0.951. The maximum absolute atomic E-state index is 3.62. The fourth-order valence-corrected chi connectivity index (χ4v) is 7.02. The van der Waals surface area contributed by atoms with Gasteiger partial charge in [0.1, 0.15) is 8.07 Å². The van der Waals surface area contributed by atoms with Crippen LogP contribution < -0.4 is 5.19 Å². The molecule has 2 aromatic rings. The molecule has 23 heavy (non-hydrogen) atoms. The van der Waals surface area contributed by atoms with Crippen molar-refractivity contribution in [2.75, 3.05) is 0 Å². The largest absolute Gasteiger partial charge is 0.129 e. The maximum atomic E-state index is 3.62. The Morgan fingerprint density at radius 1 is 0.870 bits per heavy atom. The summed E-state index contributed by atoms with van der Waals surface area (Å²) >= 11 is 0. The van der Waals surface area contributed by atoms with Gasteiger partial charge in [0.05, 0.1) is 8.80 Å². The third-order valence-corrected chi connectivity index (χ3v) is 8.45. The van der Waals surface area contributed by atoms with E-state index in [9.17, 15) is 0 Å². The van der Waals surface area contributed by atoms with Crippen LogP contribution in [0.4, 0.5) is 0 Å². The molecule has 0 bridgehead atoms. The highest BCUT2D eigenvalue weighted by molar-refractivity contribution is 6.84. The molecule has 0 aliphatic rings. The van der Waals surface area contributed by atoms with E-state index < -0.39 is 16.9 Å². The molecule has 0 N–H and O–H groups in total. The van der Waals surface area contributed by atoms with E-state index in [2.05, 4.69) is 95.2 Å². The molecular weight excluding hydrogens is 308 g/mol. The van der Waals surface area contributed by atoms with Gasteiger partial charge in [0.2, 0.25) is 0 Å². The summed E-state index contributed by atoms with van der Waals surface area (Å²) in [6.07, 6.45) is 0. The quantitative estimate of drug-likeness (QED) is 0.506. The molecule has 0 aliphatic carbocycles. The Morgan fingerprint density at radius 2 is 1.48 bits per heavy atom. The number of fused-ring (bicyclic) bond motifs is 1. The van der Waals surface area contributed by atoms with Crippen molar-refractivity contribution < 1.29 is 0 Å². The molecule has 2 aromatic carbocycles. The van der Waals surface area contributed by atoms with E-state index in [1.807, 2.05) is 0 Å². The number of hydrogen-bond acceptors (Lipinski definition) is 0. The van der Waals surface area contributed by atoms with Gasteiger partial charge in [-0.15, -0.1) is 5.54 Å². The molecule has 0 amide bonds. The van der Waals surface area contributed by atoms with Gasteiger partial charge < -0.3 is 0 Å². The van der Waals surface area contributed by atoms with Crippen molar-refractivity contribution in [2.45, 2.75) is 58.4 Å². The Labute approximate surface area is 144 Å². The van der Waals surface area contributed by atoms with E-state index in [4.69, 9.17) is 0 Å². The zero-order chi connectivity index (χ0) is 17.2. The van der Waals surface area contributed by atoms with E-state index in [0.717, 1.165) is 0 Å². The van der Waals surface area contributed by atoms with Crippen LogP contribution in [0, 0.1) is 11.5 Å². The van der Waals surface area contributed by atoms with Gasteiger partial charge in [0.15, 0.2) is 0 Å². The third-order valence-electron chi connectivity index (χ3n) is 4.05. The molecule has 0 saturated carbocycles. The smallest absolute Gasteiger partial charge is 0.127 e. The number of benzene rings is 2. The Balaban J connectivity index is 2.75. The lowest BCUT2D eigenvalue weighted by Gasteiger charge is -2.25. The first-order valence-electron chi connectivity index (χ1n) is 8.62. The lowest BCUT2D eigenvalue weighted by atomic mass is 10.1. The first-order chi connectivity index (χ1) is 10.7. The summed E-state index contributed by atoms with van der Waals surface area (Å²) in [6.45, 7) is 16.5. The van der Waals surface area contributed by atoms with E-state index in [0.29, 0.717) is 11.1 Å². The lowest BCUT2D eigenvalue weighted by Crippen LogP contribution is -2.38. The first-order valence-corrected chi connectivity index (χ1v) is 13.8. The number of hydrogen-bond donors (Lipinski definition) is 0. The Bertz CT molecular complexity index is 732. The second-order valence-electron chi connectivity index (χ2n) is 7.97. The molecule has 1 radical (unpaired) electrons. The van der Waals surface area contributed by atoms with Gasteiger partial charge in [0, 0.05) is 5.56 Å².